The van der Waals surface area contributed by atoms with Crippen LogP contribution in [0, 0.1) is 0 Å². The van der Waals surface area contributed by atoms with Crippen LogP contribution in [-0.2, 0) is 11.3 Å². The molecule has 0 unspecified atom stereocenters. The van der Waals surface area contributed by atoms with Gasteiger partial charge in [0, 0.05) is 5.56 Å². The zero-order valence-corrected chi connectivity index (χ0v) is 11.2. The van der Waals surface area contributed by atoms with Crippen LogP contribution >= 0.6 is 0 Å². The molecule has 1 aliphatic rings. The van der Waals surface area contributed by atoms with E-state index in [0.717, 1.165) is 0 Å². The van der Waals surface area contributed by atoms with Crippen molar-refractivity contribution in [1.82, 2.24) is 0 Å². The van der Waals surface area contributed by atoms with E-state index in [1.165, 1.54) is 28.1 Å². The summed E-state index contributed by atoms with van der Waals surface area (Å²) in [6.45, 7) is 2.96. The molecule has 3 nitrogen and oxygen atoms in total. The molecule has 1 fully saturated rings. The molecule has 4 heteroatoms. The molecule has 1 aromatic carbocycles. The summed E-state index contributed by atoms with van der Waals surface area (Å²) in [7, 11) is 3.03. The van der Waals surface area contributed by atoms with Crippen molar-refractivity contribution >= 4 is 0 Å². The van der Waals surface area contributed by atoms with E-state index in [1.807, 2.05) is 0 Å². The average Bonchev–Trinajstić information content (AvgIpc) is 3.05. The Morgan fingerprint density at radius 1 is 1.22 bits per heavy atom. The Kier molecular flexibility index (Phi) is 3.01. The normalized spacial score (nSPS) is 17.4. The van der Waals surface area contributed by atoms with Crippen LogP contribution in [0.1, 0.15) is 37.8 Å². The van der Waals surface area contributed by atoms with Gasteiger partial charge in [0.2, 0.25) is 0 Å². The fourth-order valence-electron chi connectivity index (χ4n) is 2.04. The van der Waals surface area contributed by atoms with Crippen molar-refractivity contribution in [3.63, 3.8) is 0 Å². The summed E-state index contributed by atoms with van der Waals surface area (Å²) in [5.41, 5.74) is -1.28. The van der Waals surface area contributed by atoms with Crippen LogP contribution in [0.3, 0.4) is 0 Å². The summed E-state index contributed by atoms with van der Waals surface area (Å²) in [6.07, 6.45) is 1.34. The molecule has 18 heavy (non-hydrogen) atoms. The number of rotatable bonds is 4. The molecule has 1 saturated carbocycles. The predicted molar refractivity (Wildman–Crippen MR) is 66.8 cm³/mol. The first-order valence-electron chi connectivity index (χ1n) is 6.00. The maximum atomic E-state index is 14.1. The number of hydrogen-bond donors (Lipinski definition) is 1. The van der Waals surface area contributed by atoms with Gasteiger partial charge in [-0.3, -0.25) is 0 Å². The zero-order valence-electron chi connectivity index (χ0n) is 11.2. The lowest BCUT2D eigenvalue weighted by Gasteiger charge is -2.22. The SMILES string of the molecule is COc1cc(C(C)(C)F)cc(C2(O)CC2)c1OC. The van der Waals surface area contributed by atoms with Crippen molar-refractivity contribution in [3.8, 4) is 11.5 Å². The molecule has 0 saturated heterocycles. The molecule has 0 aromatic heterocycles. The third-order valence-corrected chi connectivity index (χ3v) is 3.39. The van der Waals surface area contributed by atoms with Crippen molar-refractivity contribution in [1.29, 1.82) is 0 Å². The van der Waals surface area contributed by atoms with E-state index < -0.39 is 11.3 Å². The highest BCUT2D eigenvalue weighted by molar-refractivity contribution is 5.54. The summed E-state index contributed by atoms with van der Waals surface area (Å²) >= 11 is 0. The van der Waals surface area contributed by atoms with Gasteiger partial charge in [0.05, 0.1) is 19.8 Å². The largest absolute Gasteiger partial charge is 0.493 e. The number of benzene rings is 1. The van der Waals surface area contributed by atoms with Gasteiger partial charge in [0.1, 0.15) is 5.67 Å². The Morgan fingerprint density at radius 2 is 1.83 bits per heavy atom. The van der Waals surface area contributed by atoms with E-state index in [4.69, 9.17) is 9.47 Å². The molecule has 0 radical (unpaired) electrons. The molecule has 0 bridgehead atoms. The van der Waals surface area contributed by atoms with Crippen molar-refractivity contribution in [2.75, 3.05) is 14.2 Å². The van der Waals surface area contributed by atoms with Gasteiger partial charge in [-0.15, -0.1) is 0 Å². The van der Waals surface area contributed by atoms with Crippen molar-refractivity contribution in [2.24, 2.45) is 0 Å². The van der Waals surface area contributed by atoms with Crippen LogP contribution in [0.15, 0.2) is 12.1 Å². The fraction of sp³-hybridized carbons (Fsp3) is 0.571. The number of halogens is 1. The van der Waals surface area contributed by atoms with Gasteiger partial charge in [-0.05, 0) is 44.4 Å². The Bertz CT molecular complexity index is 459. The summed E-state index contributed by atoms with van der Waals surface area (Å²) < 4.78 is 24.6. The quantitative estimate of drug-likeness (QED) is 0.898. The molecular formula is C14H19FO3. The second kappa shape index (κ2) is 4.12. The summed E-state index contributed by atoms with van der Waals surface area (Å²) in [6, 6.07) is 3.29. The zero-order chi connectivity index (χ0) is 13.6. The first kappa shape index (κ1) is 13.1. The molecule has 2 rings (SSSR count). The Labute approximate surface area is 107 Å². The van der Waals surface area contributed by atoms with Crippen LogP contribution < -0.4 is 9.47 Å². The van der Waals surface area contributed by atoms with E-state index in [-0.39, 0.29) is 0 Å². The van der Waals surface area contributed by atoms with Crippen LogP contribution in [0.5, 0.6) is 11.5 Å². The maximum Gasteiger partial charge on any atom is 0.166 e. The van der Waals surface area contributed by atoms with Crippen molar-refractivity contribution in [3.05, 3.63) is 23.3 Å². The number of methoxy groups -OCH3 is 2. The topological polar surface area (TPSA) is 38.7 Å². The molecule has 0 amide bonds. The van der Waals surface area contributed by atoms with Gasteiger partial charge < -0.3 is 14.6 Å². The molecular weight excluding hydrogens is 235 g/mol. The van der Waals surface area contributed by atoms with Crippen LogP contribution in [0.25, 0.3) is 0 Å². The monoisotopic (exact) mass is 254 g/mol. The van der Waals surface area contributed by atoms with E-state index in [9.17, 15) is 9.50 Å². The fourth-order valence-corrected chi connectivity index (χ4v) is 2.04. The minimum atomic E-state index is -1.49. The van der Waals surface area contributed by atoms with Crippen molar-refractivity contribution in [2.45, 2.75) is 38.0 Å². The minimum absolute atomic E-state index is 0.455. The Hall–Kier alpha value is -1.29. The summed E-state index contributed by atoms with van der Waals surface area (Å²) in [5, 5.41) is 10.3. The van der Waals surface area contributed by atoms with Crippen LogP contribution in [0.2, 0.25) is 0 Å². The standard InChI is InChI=1S/C14H19FO3/c1-13(2,15)9-7-10(14(16)5-6-14)12(18-4)11(8-9)17-3/h7-8,16H,5-6H2,1-4H3. The maximum absolute atomic E-state index is 14.1. The average molecular weight is 254 g/mol. The molecule has 100 valence electrons. The molecule has 0 aliphatic heterocycles. The lowest BCUT2D eigenvalue weighted by atomic mass is 9.94. The lowest BCUT2D eigenvalue weighted by Crippen LogP contribution is -2.14. The highest BCUT2D eigenvalue weighted by atomic mass is 19.1. The van der Waals surface area contributed by atoms with Crippen LogP contribution in [0.4, 0.5) is 4.39 Å². The van der Waals surface area contributed by atoms with E-state index in [0.29, 0.717) is 35.5 Å². The van der Waals surface area contributed by atoms with Crippen LogP contribution in [-0.4, -0.2) is 19.3 Å². The van der Waals surface area contributed by atoms with E-state index in [2.05, 4.69) is 0 Å². The highest BCUT2D eigenvalue weighted by Crippen LogP contribution is 2.52. The van der Waals surface area contributed by atoms with Crippen molar-refractivity contribution < 1.29 is 19.0 Å². The summed E-state index contributed by atoms with van der Waals surface area (Å²) in [4.78, 5) is 0. The van der Waals surface area contributed by atoms with Gasteiger partial charge in [-0.1, -0.05) is 0 Å². The highest BCUT2D eigenvalue weighted by Gasteiger charge is 2.45. The molecule has 1 aromatic rings. The second-order valence-electron chi connectivity index (χ2n) is 5.26. The van der Waals surface area contributed by atoms with Gasteiger partial charge in [0.15, 0.2) is 11.5 Å². The van der Waals surface area contributed by atoms with Gasteiger partial charge >= 0.3 is 0 Å². The van der Waals surface area contributed by atoms with Gasteiger partial charge in [0.25, 0.3) is 0 Å². The molecule has 1 aliphatic carbocycles. The first-order valence-corrected chi connectivity index (χ1v) is 6.00. The van der Waals surface area contributed by atoms with Gasteiger partial charge in [-0.2, -0.15) is 0 Å². The third kappa shape index (κ3) is 2.17. The lowest BCUT2D eigenvalue weighted by molar-refractivity contribution is 0.145. The third-order valence-electron chi connectivity index (χ3n) is 3.39. The Morgan fingerprint density at radius 3 is 2.22 bits per heavy atom. The number of alkyl halides is 1. The molecule has 1 N–H and O–H groups in total. The van der Waals surface area contributed by atoms with E-state index in [1.54, 1.807) is 12.1 Å². The predicted octanol–water partition coefficient (Wildman–Crippen LogP) is 2.89. The molecule has 0 atom stereocenters. The number of hydrogen-bond acceptors (Lipinski definition) is 3. The second-order valence-corrected chi connectivity index (χ2v) is 5.26. The Balaban J connectivity index is 2.62. The minimum Gasteiger partial charge on any atom is -0.493 e. The smallest absolute Gasteiger partial charge is 0.166 e. The number of aliphatic hydroxyl groups is 1. The number of ether oxygens (including phenoxy) is 2. The molecule has 0 heterocycles. The molecule has 0 spiro atoms. The van der Waals surface area contributed by atoms with Gasteiger partial charge in [-0.25, -0.2) is 4.39 Å². The summed E-state index contributed by atoms with van der Waals surface area (Å²) in [5.74, 6) is 0.946. The first-order chi connectivity index (χ1) is 8.31. The van der Waals surface area contributed by atoms with E-state index >= 15 is 0 Å².